The quantitative estimate of drug-likeness (QED) is 0.113. The van der Waals surface area contributed by atoms with E-state index in [2.05, 4.69) is 109 Å². The van der Waals surface area contributed by atoms with E-state index in [1.54, 1.807) is 0 Å². The Morgan fingerprint density at radius 3 is 1.69 bits per heavy atom. The third-order valence-electron chi connectivity index (χ3n) is 7.09. The number of esters is 1. The molecule has 0 N–H and O–H groups in total. The Morgan fingerprint density at radius 2 is 1.14 bits per heavy atom. The van der Waals surface area contributed by atoms with Crippen LogP contribution in [0.2, 0.25) is 0 Å². The number of benzene rings is 5. The van der Waals surface area contributed by atoms with E-state index < -0.39 is 11.6 Å². The highest BCUT2D eigenvalue weighted by molar-refractivity contribution is 7.97. The first kappa shape index (κ1) is 27.4. The molecule has 4 heteroatoms. The van der Waals surface area contributed by atoms with Gasteiger partial charge >= 0.3 is 5.97 Å². The third-order valence-corrected chi connectivity index (χ3v) is 9.32. The summed E-state index contributed by atoms with van der Waals surface area (Å²) >= 11 is 0. The summed E-state index contributed by atoms with van der Waals surface area (Å²) in [4.78, 5) is 16.4. The van der Waals surface area contributed by atoms with Crippen LogP contribution in [0, 0.1) is 11.8 Å². The van der Waals surface area contributed by atoms with Gasteiger partial charge in [-0.05, 0) is 84.6 Å². The lowest BCUT2D eigenvalue weighted by molar-refractivity contribution is -0.154. The number of fused-ring (bicyclic) bond motifs is 3. The van der Waals surface area contributed by atoms with Crippen molar-refractivity contribution < 1.29 is 14.3 Å². The summed E-state index contributed by atoms with van der Waals surface area (Å²) in [5.74, 6) is 6.71. The van der Waals surface area contributed by atoms with Gasteiger partial charge in [-0.2, -0.15) is 0 Å². The van der Waals surface area contributed by atoms with Crippen LogP contribution in [0.5, 0.6) is 5.75 Å². The molecule has 0 bridgehead atoms. The lowest BCUT2D eigenvalue weighted by Gasteiger charge is -2.19. The van der Waals surface area contributed by atoms with Crippen molar-refractivity contribution in [2.24, 2.45) is 0 Å². The molecule has 0 unspecified atom stereocenters. The molecule has 0 amide bonds. The fourth-order valence-corrected chi connectivity index (χ4v) is 7.32. The lowest BCUT2D eigenvalue weighted by atomic mass is 9.96. The smallest absolute Gasteiger partial charge is 0.345 e. The second-order valence-electron chi connectivity index (χ2n) is 10.6. The second kappa shape index (κ2) is 12.0. The molecule has 0 spiro atoms. The summed E-state index contributed by atoms with van der Waals surface area (Å²) in [5.41, 5.74) is 3.82. The van der Waals surface area contributed by atoms with Crippen LogP contribution in [0.25, 0.3) is 11.1 Å². The number of rotatable bonds is 7. The van der Waals surface area contributed by atoms with E-state index in [1.165, 1.54) is 36.9 Å². The molecule has 42 heavy (non-hydrogen) atoms. The zero-order chi connectivity index (χ0) is 28.9. The zero-order valence-electron chi connectivity index (χ0n) is 23.6. The van der Waals surface area contributed by atoms with Crippen LogP contribution in [0.4, 0.5) is 0 Å². The normalized spacial score (nSPS) is 12.2. The van der Waals surface area contributed by atoms with Crippen LogP contribution in [-0.2, 0) is 20.4 Å². The summed E-state index contributed by atoms with van der Waals surface area (Å²) in [5, 5.41) is 0. The van der Waals surface area contributed by atoms with Crippen molar-refractivity contribution >= 4 is 16.9 Å². The molecule has 206 valence electrons. The fourth-order valence-electron chi connectivity index (χ4n) is 5.23. The highest BCUT2D eigenvalue weighted by atomic mass is 32.2. The van der Waals surface area contributed by atoms with Gasteiger partial charge in [0, 0.05) is 0 Å². The number of ether oxygens (including phenoxy) is 2. The van der Waals surface area contributed by atoms with E-state index in [1.807, 2.05) is 50.2 Å². The molecule has 0 radical (unpaired) electrons. The van der Waals surface area contributed by atoms with Crippen LogP contribution in [0.15, 0.2) is 148 Å². The van der Waals surface area contributed by atoms with Crippen LogP contribution in [-0.4, -0.2) is 18.2 Å². The van der Waals surface area contributed by atoms with E-state index in [4.69, 9.17) is 9.47 Å². The Morgan fingerprint density at radius 1 is 0.667 bits per heavy atom. The van der Waals surface area contributed by atoms with Crippen LogP contribution >= 0.6 is 0 Å². The van der Waals surface area contributed by atoms with Gasteiger partial charge in [-0.3, -0.25) is 0 Å². The number of carbonyl (C=O) groups is 1. The molecule has 0 aliphatic heterocycles. The number of hydrogen-bond acceptors (Lipinski definition) is 3. The second-order valence-corrected chi connectivity index (χ2v) is 12.6. The van der Waals surface area contributed by atoms with E-state index in [0.29, 0.717) is 5.75 Å². The first-order valence-electron chi connectivity index (χ1n) is 14.0. The minimum atomic E-state index is -0.962. The van der Waals surface area contributed by atoms with E-state index in [9.17, 15) is 4.79 Å². The van der Waals surface area contributed by atoms with Gasteiger partial charge < -0.3 is 9.47 Å². The summed E-state index contributed by atoms with van der Waals surface area (Å²) in [6, 6.07) is 45.6. The van der Waals surface area contributed by atoms with Crippen molar-refractivity contribution in [3.8, 4) is 28.7 Å². The Bertz CT molecular complexity index is 1660. The number of hydrogen-bond donors (Lipinski definition) is 0. The summed E-state index contributed by atoms with van der Waals surface area (Å²) < 4.78 is 11.5. The monoisotopic (exact) mass is 567 g/mol. The van der Waals surface area contributed by atoms with E-state index in [-0.39, 0.29) is 23.4 Å². The molecule has 0 saturated heterocycles. The van der Waals surface area contributed by atoms with Crippen molar-refractivity contribution in [2.45, 2.75) is 40.1 Å². The Hall–Kier alpha value is -4.72. The summed E-state index contributed by atoms with van der Waals surface area (Å²) in [6.45, 7) is 3.43. The Labute approximate surface area is 250 Å². The average molecular weight is 568 g/mol. The van der Waals surface area contributed by atoms with Gasteiger partial charge in [0.1, 0.15) is 5.75 Å². The van der Waals surface area contributed by atoms with Crippen molar-refractivity contribution in [3.63, 3.8) is 0 Å². The predicted molar refractivity (Wildman–Crippen MR) is 169 cm³/mol. The highest BCUT2D eigenvalue weighted by Gasteiger charge is 2.29. The third kappa shape index (κ3) is 5.98. The SMILES string of the molecule is CC(C)(C#CC1c2ccccc2-c2ccccc21)OC(=O)COc1ccc([S+](c2ccccc2)c2ccccc2)cc1. The molecule has 0 fully saturated rings. The van der Waals surface area contributed by atoms with Crippen molar-refractivity contribution in [1.82, 2.24) is 0 Å². The van der Waals surface area contributed by atoms with Gasteiger partial charge in [-0.15, -0.1) is 0 Å². The average Bonchev–Trinajstić information content (AvgIpc) is 3.34. The Balaban J connectivity index is 1.11. The van der Waals surface area contributed by atoms with Crippen molar-refractivity contribution in [2.75, 3.05) is 6.61 Å². The van der Waals surface area contributed by atoms with Crippen molar-refractivity contribution in [1.29, 1.82) is 0 Å². The Kier molecular flexibility index (Phi) is 7.86. The fraction of sp³-hybridized carbons (Fsp3) is 0.132. The molecule has 5 aromatic carbocycles. The van der Waals surface area contributed by atoms with Crippen LogP contribution in [0.3, 0.4) is 0 Å². The topological polar surface area (TPSA) is 35.5 Å². The van der Waals surface area contributed by atoms with Crippen LogP contribution in [0.1, 0.15) is 30.9 Å². The summed E-state index contributed by atoms with van der Waals surface area (Å²) in [6.07, 6.45) is 0. The molecule has 1 aliphatic carbocycles. The molecular weight excluding hydrogens is 536 g/mol. The van der Waals surface area contributed by atoms with E-state index in [0.717, 1.165) is 0 Å². The molecule has 3 nitrogen and oxygen atoms in total. The zero-order valence-corrected chi connectivity index (χ0v) is 24.4. The minimum absolute atomic E-state index is 0.0542. The standard InChI is InChI=1S/C38H31O3S/c1-38(2,26-25-36-34-19-11-9-17-32(34)33-18-10-12-20-35(33)36)41-37(39)27-40-28-21-23-31(24-22-28)42(29-13-5-3-6-14-29)30-15-7-4-8-16-30/h3-24,36H,27H2,1-2H3/q+1. The van der Waals surface area contributed by atoms with E-state index >= 15 is 0 Å². The maximum absolute atomic E-state index is 12.8. The predicted octanol–water partition coefficient (Wildman–Crippen LogP) is 8.30. The van der Waals surface area contributed by atoms with Gasteiger partial charge in [0.15, 0.2) is 26.9 Å². The first-order chi connectivity index (χ1) is 20.5. The van der Waals surface area contributed by atoms with Crippen molar-refractivity contribution in [3.05, 3.63) is 145 Å². The van der Waals surface area contributed by atoms with Gasteiger partial charge in [-0.25, -0.2) is 4.79 Å². The van der Waals surface area contributed by atoms with Crippen LogP contribution < -0.4 is 4.74 Å². The molecule has 6 rings (SSSR count). The maximum atomic E-state index is 12.8. The van der Waals surface area contributed by atoms with Gasteiger partial charge in [0.05, 0.1) is 16.8 Å². The molecule has 5 aromatic rings. The lowest BCUT2D eigenvalue weighted by Crippen LogP contribution is -2.29. The number of carbonyl (C=O) groups excluding carboxylic acids is 1. The molecule has 0 atom stereocenters. The largest absolute Gasteiger partial charge is 0.482 e. The molecule has 1 aliphatic rings. The van der Waals surface area contributed by atoms with Gasteiger partial charge in [-0.1, -0.05) is 96.8 Å². The maximum Gasteiger partial charge on any atom is 0.345 e. The first-order valence-corrected chi connectivity index (χ1v) is 15.2. The van der Waals surface area contributed by atoms with Gasteiger partial charge in [0.25, 0.3) is 0 Å². The highest BCUT2D eigenvalue weighted by Crippen LogP contribution is 2.44. The van der Waals surface area contributed by atoms with Gasteiger partial charge in [0.2, 0.25) is 0 Å². The molecule has 0 heterocycles. The molecular formula is C38H31O3S+. The molecule has 0 saturated carbocycles. The summed E-state index contributed by atoms with van der Waals surface area (Å²) in [7, 11) is -0.243. The molecule has 0 aromatic heterocycles. The minimum Gasteiger partial charge on any atom is -0.482 e.